The third-order valence-corrected chi connectivity index (χ3v) is 6.81. The minimum Gasteiger partial charge on any atom is -0.493 e. The molecule has 168 valence electrons. The molecule has 2 aliphatic rings. The number of carbonyl (C=O) groups is 1. The minimum absolute atomic E-state index is 0.0527. The number of nitrogens with one attached hydrogen (secondary N) is 1. The molecule has 1 aliphatic carbocycles. The summed E-state index contributed by atoms with van der Waals surface area (Å²) >= 11 is 0. The van der Waals surface area contributed by atoms with Gasteiger partial charge in [0.1, 0.15) is 5.76 Å². The van der Waals surface area contributed by atoms with Crippen molar-refractivity contribution in [2.45, 2.75) is 50.3 Å². The second-order valence-corrected chi connectivity index (χ2v) is 8.59. The zero-order valence-corrected chi connectivity index (χ0v) is 18.3. The summed E-state index contributed by atoms with van der Waals surface area (Å²) < 4.78 is 16.2. The van der Waals surface area contributed by atoms with Crippen LogP contribution in [-0.2, 0) is 11.3 Å². The predicted octanol–water partition coefficient (Wildman–Crippen LogP) is 3.28. The standard InChI is InChI=1S/C24H32N2O5/c1-29-20-9-8-17(14-21(20)30-2)23-19-7-3-4-10-24(19,28)11-12-26(23)16-22(27)25-15-18-6-5-13-31-18/h5-6,8-9,13-14,19,23,28H,3-4,7,10-12,15-16H2,1-2H3,(H,25,27)/t19-,23+,24+/m0/s1. The number of piperidine rings is 1. The average Bonchev–Trinajstić information content (AvgIpc) is 3.31. The number of aliphatic hydroxyl groups is 1. The van der Waals surface area contributed by atoms with Crippen molar-refractivity contribution in [2.75, 3.05) is 27.3 Å². The third kappa shape index (κ3) is 4.57. The van der Waals surface area contributed by atoms with Gasteiger partial charge in [0.25, 0.3) is 0 Å². The van der Waals surface area contributed by atoms with Crippen LogP contribution in [0.3, 0.4) is 0 Å². The SMILES string of the molecule is COc1ccc([C@@H]2[C@@H]3CCCC[C@@]3(O)CCN2CC(=O)NCc2ccco2)cc1OC. The van der Waals surface area contributed by atoms with Crippen molar-refractivity contribution in [1.82, 2.24) is 10.2 Å². The monoisotopic (exact) mass is 428 g/mol. The van der Waals surface area contributed by atoms with Crippen molar-refractivity contribution in [3.63, 3.8) is 0 Å². The summed E-state index contributed by atoms with van der Waals surface area (Å²) in [6.45, 7) is 1.31. The van der Waals surface area contributed by atoms with Gasteiger partial charge in [0.15, 0.2) is 11.5 Å². The number of carbonyl (C=O) groups excluding carboxylic acids is 1. The van der Waals surface area contributed by atoms with Gasteiger partial charge in [-0.1, -0.05) is 18.9 Å². The lowest BCUT2D eigenvalue weighted by Crippen LogP contribution is -2.56. The molecule has 1 aromatic carbocycles. The summed E-state index contributed by atoms with van der Waals surface area (Å²) in [5, 5.41) is 14.4. The number of ether oxygens (including phenoxy) is 2. The van der Waals surface area contributed by atoms with Gasteiger partial charge in [-0.3, -0.25) is 9.69 Å². The molecule has 3 atom stereocenters. The van der Waals surface area contributed by atoms with Crippen LogP contribution in [-0.4, -0.2) is 48.8 Å². The van der Waals surface area contributed by atoms with Crippen molar-refractivity contribution in [3.05, 3.63) is 47.9 Å². The summed E-state index contributed by atoms with van der Waals surface area (Å²) in [7, 11) is 3.24. The molecule has 1 aliphatic heterocycles. The number of fused-ring (bicyclic) bond motifs is 1. The highest BCUT2D eigenvalue weighted by Crippen LogP contribution is 2.50. The Morgan fingerprint density at radius 2 is 2.06 bits per heavy atom. The van der Waals surface area contributed by atoms with Crippen LogP contribution < -0.4 is 14.8 Å². The lowest BCUT2D eigenvalue weighted by Gasteiger charge is -2.52. The molecule has 2 fully saturated rings. The fourth-order valence-corrected chi connectivity index (χ4v) is 5.24. The molecule has 31 heavy (non-hydrogen) atoms. The van der Waals surface area contributed by atoms with Crippen LogP contribution in [0.15, 0.2) is 41.0 Å². The van der Waals surface area contributed by atoms with Crippen LogP contribution in [0.25, 0.3) is 0 Å². The number of methoxy groups -OCH3 is 2. The predicted molar refractivity (Wildman–Crippen MR) is 116 cm³/mol. The molecule has 0 bridgehead atoms. The van der Waals surface area contributed by atoms with E-state index in [4.69, 9.17) is 13.9 Å². The first-order chi connectivity index (χ1) is 15.0. The first kappa shape index (κ1) is 21.7. The molecule has 1 aromatic heterocycles. The Morgan fingerprint density at radius 1 is 1.23 bits per heavy atom. The van der Waals surface area contributed by atoms with E-state index in [1.807, 2.05) is 30.3 Å². The van der Waals surface area contributed by atoms with Crippen LogP contribution in [0.4, 0.5) is 0 Å². The number of hydrogen-bond acceptors (Lipinski definition) is 6. The van der Waals surface area contributed by atoms with Gasteiger partial charge in [-0.25, -0.2) is 0 Å². The van der Waals surface area contributed by atoms with E-state index in [1.54, 1.807) is 20.5 Å². The maximum absolute atomic E-state index is 12.7. The molecule has 0 unspecified atom stereocenters. The number of rotatable bonds is 7. The Bertz CT molecular complexity index is 884. The molecule has 1 amide bonds. The number of nitrogens with zero attached hydrogens (tertiary/aromatic N) is 1. The smallest absolute Gasteiger partial charge is 0.234 e. The van der Waals surface area contributed by atoms with Crippen LogP contribution in [0.5, 0.6) is 11.5 Å². The second kappa shape index (κ2) is 9.32. The van der Waals surface area contributed by atoms with Gasteiger partial charge in [-0.15, -0.1) is 0 Å². The Balaban J connectivity index is 1.58. The summed E-state index contributed by atoms with van der Waals surface area (Å²) in [6.07, 6.45) is 6.20. The molecule has 4 rings (SSSR count). The molecular weight excluding hydrogens is 396 g/mol. The van der Waals surface area contributed by atoms with Crippen molar-refractivity contribution < 1.29 is 23.8 Å². The second-order valence-electron chi connectivity index (χ2n) is 8.59. The Labute approximate surface area is 183 Å². The van der Waals surface area contributed by atoms with E-state index in [0.717, 1.165) is 37.0 Å². The van der Waals surface area contributed by atoms with Crippen molar-refractivity contribution in [1.29, 1.82) is 0 Å². The summed E-state index contributed by atoms with van der Waals surface area (Å²) in [6, 6.07) is 9.50. The molecule has 2 heterocycles. The normalized spacial score (nSPS) is 26.2. The molecule has 2 aromatic rings. The number of likely N-dealkylation sites (tertiary alicyclic amines) is 1. The fraction of sp³-hybridized carbons (Fsp3) is 0.542. The maximum Gasteiger partial charge on any atom is 0.234 e. The van der Waals surface area contributed by atoms with E-state index in [2.05, 4.69) is 10.2 Å². The van der Waals surface area contributed by atoms with Gasteiger partial charge in [-0.2, -0.15) is 0 Å². The molecule has 0 radical (unpaired) electrons. The molecule has 7 heteroatoms. The molecule has 2 N–H and O–H groups in total. The van der Waals surface area contributed by atoms with E-state index >= 15 is 0 Å². The average molecular weight is 429 g/mol. The molecule has 0 spiro atoms. The number of furan rings is 1. The number of hydrogen-bond donors (Lipinski definition) is 2. The Hall–Kier alpha value is -2.51. The van der Waals surface area contributed by atoms with E-state index < -0.39 is 5.60 Å². The summed E-state index contributed by atoms with van der Waals surface area (Å²) in [5.74, 6) is 2.08. The van der Waals surface area contributed by atoms with Crippen LogP contribution >= 0.6 is 0 Å². The largest absolute Gasteiger partial charge is 0.493 e. The highest BCUT2D eigenvalue weighted by Gasteiger charge is 2.49. The Morgan fingerprint density at radius 3 is 2.81 bits per heavy atom. The quantitative estimate of drug-likeness (QED) is 0.704. The van der Waals surface area contributed by atoms with E-state index in [-0.39, 0.29) is 24.4 Å². The van der Waals surface area contributed by atoms with E-state index in [9.17, 15) is 9.90 Å². The maximum atomic E-state index is 12.7. The van der Waals surface area contributed by atoms with E-state index in [1.165, 1.54) is 0 Å². The molecule has 1 saturated carbocycles. The highest BCUT2D eigenvalue weighted by molar-refractivity contribution is 5.78. The van der Waals surface area contributed by atoms with Gasteiger partial charge in [0.2, 0.25) is 5.91 Å². The number of amides is 1. The van der Waals surface area contributed by atoms with E-state index in [0.29, 0.717) is 31.0 Å². The van der Waals surface area contributed by atoms with Crippen LogP contribution in [0.2, 0.25) is 0 Å². The highest BCUT2D eigenvalue weighted by atomic mass is 16.5. The summed E-state index contributed by atoms with van der Waals surface area (Å²) in [4.78, 5) is 14.9. The molecule has 7 nitrogen and oxygen atoms in total. The van der Waals surface area contributed by atoms with Gasteiger partial charge in [0.05, 0.1) is 39.2 Å². The van der Waals surface area contributed by atoms with Gasteiger partial charge < -0.3 is 24.3 Å². The third-order valence-electron chi connectivity index (χ3n) is 6.81. The molecular formula is C24H32N2O5. The number of benzene rings is 1. The van der Waals surface area contributed by atoms with Crippen molar-refractivity contribution >= 4 is 5.91 Å². The van der Waals surface area contributed by atoms with Crippen molar-refractivity contribution in [3.8, 4) is 11.5 Å². The first-order valence-electron chi connectivity index (χ1n) is 11.0. The first-order valence-corrected chi connectivity index (χ1v) is 11.0. The lowest BCUT2D eigenvalue weighted by atomic mass is 9.66. The zero-order chi connectivity index (χ0) is 21.8. The van der Waals surface area contributed by atoms with Crippen LogP contribution in [0, 0.1) is 5.92 Å². The molecule has 1 saturated heterocycles. The fourth-order valence-electron chi connectivity index (χ4n) is 5.24. The van der Waals surface area contributed by atoms with Gasteiger partial charge in [-0.05, 0) is 49.1 Å². The van der Waals surface area contributed by atoms with Crippen LogP contribution in [0.1, 0.15) is 49.5 Å². The Kier molecular flexibility index (Phi) is 6.53. The van der Waals surface area contributed by atoms with Gasteiger partial charge >= 0.3 is 0 Å². The lowest BCUT2D eigenvalue weighted by molar-refractivity contribution is -0.138. The zero-order valence-electron chi connectivity index (χ0n) is 18.3. The van der Waals surface area contributed by atoms with Crippen molar-refractivity contribution in [2.24, 2.45) is 5.92 Å². The summed E-state index contributed by atoms with van der Waals surface area (Å²) in [5.41, 5.74) is 0.360. The topological polar surface area (TPSA) is 84.2 Å². The van der Waals surface area contributed by atoms with Gasteiger partial charge in [0, 0.05) is 18.5 Å². The minimum atomic E-state index is -0.683.